The zero-order valence-corrected chi connectivity index (χ0v) is 5.89. The van der Waals surface area contributed by atoms with Gasteiger partial charge in [0.05, 0.1) is 0 Å². The van der Waals surface area contributed by atoms with Crippen molar-refractivity contribution < 1.29 is 0 Å². The van der Waals surface area contributed by atoms with E-state index in [-0.39, 0.29) is 0 Å². The number of hydrogen-bond donors (Lipinski definition) is 0. The van der Waals surface area contributed by atoms with E-state index < -0.39 is 0 Å². The van der Waals surface area contributed by atoms with Gasteiger partial charge >= 0.3 is 0 Å². The van der Waals surface area contributed by atoms with Crippen LogP contribution in [0.2, 0.25) is 0 Å². The van der Waals surface area contributed by atoms with E-state index in [1.807, 2.05) is 26.2 Å². The lowest BCUT2D eigenvalue weighted by Crippen LogP contribution is -1.89. The van der Waals surface area contributed by atoms with E-state index in [0.29, 0.717) is 0 Å². The van der Waals surface area contributed by atoms with Crippen molar-refractivity contribution in [2.45, 2.75) is 6.92 Å². The van der Waals surface area contributed by atoms with Gasteiger partial charge in [0.25, 0.3) is 0 Å². The first kappa shape index (κ1) is 6.14. The van der Waals surface area contributed by atoms with Crippen molar-refractivity contribution in [1.29, 1.82) is 0 Å². The summed E-state index contributed by atoms with van der Waals surface area (Å²) in [6, 6.07) is 4.08. The predicted octanol–water partition coefficient (Wildman–Crippen LogP) is 2.06. The van der Waals surface area contributed by atoms with Gasteiger partial charge in [-0.05, 0) is 24.6 Å². The summed E-state index contributed by atoms with van der Waals surface area (Å²) in [7, 11) is 2.02. The monoisotopic (exact) mass is 121 g/mol. The number of hydrogen-bond acceptors (Lipinski definition) is 0. The molecular weight excluding hydrogens is 110 g/mol. The first-order valence-corrected chi connectivity index (χ1v) is 2.99. The molecule has 0 atom stereocenters. The Morgan fingerprint density at radius 3 is 2.56 bits per heavy atom. The van der Waals surface area contributed by atoms with Crippen molar-refractivity contribution in [1.82, 2.24) is 4.57 Å². The van der Waals surface area contributed by atoms with Crippen LogP contribution in [0.1, 0.15) is 12.6 Å². The van der Waals surface area contributed by atoms with Gasteiger partial charge < -0.3 is 4.57 Å². The summed E-state index contributed by atoms with van der Waals surface area (Å²) in [4.78, 5) is 0. The lowest BCUT2D eigenvalue weighted by molar-refractivity contribution is 0.908. The second-order valence-electron chi connectivity index (χ2n) is 2.28. The molecule has 1 rings (SSSR count). The fourth-order valence-corrected chi connectivity index (χ4v) is 0.904. The molecule has 0 saturated carbocycles. The van der Waals surface area contributed by atoms with Gasteiger partial charge in [0, 0.05) is 18.9 Å². The molecule has 48 valence electrons. The molecule has 0 radical (unpaired) electrons. The van der Waals surface area contributed by atoms with Gasteiger partial charge in [-0.2, -0.15) is 0 Å². The Morgan fingerprint density at radius 2 is 2.33 bits per heavy atom. The van der Waals surface area contributed by atoms with Crippen LogP contribution in [0.25, 0.3) is 5.57 Å². The number of rotatable bonds is 1. The Balaban J connectivity index is 3.08. The Bertz CT molecular complexity index is 220. The molecule has 0 aliphatic heterocycles. The predicted molar refractivity (Wildman–Crippen MR) is 40.1 cm³/mol. The highest BCUT2D eigenvalue weighted by atomic mass is 14.9. The van der Waals surface area contributed by atoms with Crippen LogP contribution in [0.4, 0.5) is 0 Å². The Morgan fingerprint density at radius 1 is 1.67 bits per heavy atom. The van der Waals surface area contributed by atoms with Crippen LogP contribution in [0.15, 0.2) is 24.9 Å². The minimum absolute atomic E-state index is 1.11. The Labute approximate surface area is 55.6 Å². The molecule has 0 unspecified atom stereocenters. The van der Waals surface area contributed by atoms with E-state index in [1.165, 1.54) is 5.69 Å². The molecule has 0 N–H and O–H groups in total. The SMILES string of the molecule is C=C(C)c1cccn1C. The molecule has 0 spiro atoms. The second-order valence-corrected chi connectivity index (χ2v) is 2.28. The highest BCUT2D eigenvalue weighted by molar-refractivity contribution is 5.58. The Hall–Kier alpha value is -0.980. The molecule has 0 fully saturated rings. The van der Waals surface area contributed by atoms with Gasteiger partial charge in [0.2, 0.25) is 0 Å². The fourth-order valence-electron chi connectivity index (χ4n) is 0.904. The molecule has 0 bridgehead atoms. The maximum absolute atomic E-state index is 3.84. The van der Waals surface area contributed by atoms with Crippen LogP contribution >= 0.6 is 0 Å². The number of nitrogens with zero attached hydrogens (tertiary/aromatic N) is 1. The molecule has 1 aromatic heterocycles. The van der Waals surface area contributed by atoms with E-state index >= 15 is 0 Å². The average molecular weight is 121 g/mol. The van der Waals surface area contributed by atoms with Gasteiger partial charge in [-0.3, -0.25) is 0 Å². The van der Waals surface area contributed by atoms with Gasteiger partial charge in [0.15, 0.2) is 0 Å². The minimum Gasteiger partial charge on any atom is -0.351 e. The molecule has 1 heteroatoms. The zero-order valence-electron chi connectivity index (χ0n) is 5.89. The molecule has 0 amide bonds. The van der Waals surface area contributed by atoms with Crippen LogP contribution in [0.5, 0.6) is 0 Å². The average Bonchev–Trinajstić information content (AvgIpc) is 2.13. The van der Waals surface area contributed by atoms with E-state index in [0.717, 1.165) is 5.57 Å². The first-order valence-electron chi connectivity index (χ1n) is 2.99. The highest BCUT2D eigenvalue weighted by Gasteiger charge is 1.93. The second kappa shape index (κ2) is 2.09. The van der Waals surface area contributed by atoms with Gasteiger partial charge in [-0.25, -0.2) is 0 Å². The normalized spacial score (nSPS) is 9.56. The van der Waals surface area contributed by atoms with Crippen molar-refractivity contribution in [3.63, 3.8) is 0 Å². The van der Waals surface area contributed by atoms with Crippen LogP contribution in [-0.2, 0) is 7.05 Å². The quantitative estimate of drug-likeness (QED) is 0.536. The Kier molecular flexibility index (Phi) is 1.43. The molecule has 9 heavy (non-hydrogen) atoms. The van der Waals surface area contributed by atoms with Crippen molar-refractivity contribution in [3.05, 3.63) is 30.6 Å². The summed E-state index contributed by atoms with van der Waals surface area (Å²) in [5.74, 6) is 0. The van der Waals surface area contributed by atoms with E-state index in [1.54, 1.807) is 0 Å². The largest absolute Gasteiger partial charge is 0.351 e. The summed E-state index contributed by atoms with van der Waals surface area (Å²) in [6.07, 6.45) is 2.02. The standard InChI is InChI=1S/C8H11N/c1-7(2)8-5-4-6-9(8)3/h4-6H,1H2,2-3H3. The first-order chi connectivity index (χ1) is 4.22. The molecule has 1 aromatic rings. The zero-order chi connectivity index (χ0) is 6.85. The molecule has 0 saturated heterocycles. The van der Waals surface area contributed by atoms with Gasteiger partial charge in [0.1, 0.15) is 0 Å². The number of aryl methyl sites for hydroxylation is 1. The maximum atomic E-state index is 3.84. The third-order valence-electron chi connectivity index (χ3n) is 1.38. The van der Waals surface area contributed by atoms with Crippen LogP contribution in [-0.4, -0.2) is 4.57 Å². The molecule has 0 aliphatic carbocycles. The highest BCUT2D eigenvalue weighted by Crippen LogP contribution is 2.09. The molecular formula is C8H11N. The van der Waals surface area contributed by atoms with Crippen LogP contribution in [0, 0.1) is 0 Å². The van der Waals surface area contributed by atoms with Crippen LogP contribution in [0.3, 0.4) is 0 Å². The third-order valence-corrected chi connectivity index (χ3v) is 1.38. The van der Waals surface area contributed by atoms with E-state index in [4.69, 9.17) is 0 Å². The van der Waals surface area contributed by atoms with Crippen LogP contribution < -0.4 is 0 Å². The molecule has 1 heterocycles. The summed E-state index contributed by atoms with van der Waals surface area (Å²) in [6.45, 7) is 5.85. The minimum atomic E-state index is 1.11. The van der Waals surface area contributed by atoms with E-state index in [2.05, 4.69) is 17.2 Å². The smallest absolute Gasteiger partial charge is 0.0427 e. The maximum Gasteiger partial charge on any atom is 0.0427 e. The number of allylic oxidation sites excluding steroid dienone is 1. The molecule has 0 aromatic carbocycles. The third kappa shape index (κ3) is 1.04. The fraction of sp³-hybridized carbons (Fsp3) is 0.250. The summed E-state index contributed by atoms with van der Waals surface area (Å²) >= 11 is 0. The molecule has 0 aliphatic rings. The van der Waals surface area contributed by atoms with Crippen molar-refractivity contribution in [2.75, 3.05) is 0 Å². The number of aromatic nitrogens is 1. The lowest BCUT2D eigenvalue weighted by Gasteiger charge is -1.98. The topological polar surface area (TPSA) is 4.93 Å². The summed E-state index contributed by atoms with van der Waals surface area (Å²) in [5.41, 5.74) is 2.32. The van der Waals surface area contributed by atoms with Gasteiger partial charge in [-0.15, -0.1) is 0 Å². The van der Waals surface area contributed by atoms with Crippen molar-refractivity contribution in [3.8, 4) is 0 Å². The van der Waals surface area contributed by atoms with E-state index in [9.17, 15) is 0 Å². The lowest BCUT2D eigenvalue weighted by atomic mass is 10.2. The van der Waals surface area contributed by atoms with Crippen molar-refractivity contribution in [2.24, 2.45) is 7.05 Å². The summed E-state index contributed by atoms with van der Waals surface area (Å²) in [5, 5.41) is 0. The molecule has 1 nitrogen and oxygen atoms in total. The van der Waals surface area contributed by atoms with Crippen molar-refractivity contribution >= 4 is 5.57 Å². The van der Waals surface area contributed by atoms with Gasteiger partial charge in [-0.1, -0.05) is 6.58 Å². The summed E-state index contributed by atoms with van der Waals surface area (Å²) < 4.78 is 2.06.